The summed E-state index contributed by atoms with van der Waals surface area (Å²) in [5.74, 6) is -0.221. The van der Waals surface area contributed by atoms with Crippen molar-refractivity contribution < 1.29 is 26.8 Å². The SMILES string of the molecule is CC1CCCC[NH+]1CCCOC(=O)c1ccc(-c2ccccc2)cc1.[Cl-]. The van der Waals surface area contributed by atoms with Gasteiger partial charge in [-0.3, -0.25) is 0 Å². The topological polar surface area (TPSA) is 30.7 Å². The number of esters is 1. The highest BCUT2D eigenvalue weighted by molar-refractivity contribution is 5.90. The zero-order valence-corrected chi connectivity index (χ0v) is 16.2. The Morgan fingerprint density at radius 3 is 2.42 bits per heavy atom. The van der Waals surface area contributed by atoms with Gasteiger partial charge in [-0.1, -0.05) is 42.5 Å². The smallest absolute Gasteiger partial charge is 0.338 e. The molecule has 1 aliphatic heterocycles. The fourth-order valence-electron chi connectivity index (χ4n) is 3.60. The predicted molar refractivity (Wildman–Crippen MR) is 101 cm³/mol. The maximum absolute atomic E-state index is 12.2. The van der Waals surface area contributed by atoms with Gasteiger partial charge in [0, 0.05) is 6.42 Å². The molecular weight excluding hydrogens is 346 g/mol. The Balaban J connectivity index is 0.00000243. The summed E-state index contributed by atoms with van der Waals surface area (Å²) in [6.45, 7) is 5.20. The molecule has 0 spiro atoms. The standard InChI is InChI=1S/C22H27NO2.ClH/c1-18-8-5-6-15-23(18)16-7-17-25-22(24)21-13-11-20(12-14-21)19-9-3-2-4-10-19;/h2-4,9-14,18H,5-8,15-17H2,1H3;1H. The number of hydrogen-bond donors (Lipinski definition) is 1. The molecule has 3 rings (SSSR count). The van der Waals surface area contributed by atoms with Crippen molar-refractivity contribution in [3.8, 4) is 11.1 Å². The van der Waals surface area contributed by atoms with Crippen LogP contribution < -0.4 is 17.3 Å². The van der Waals surface area contributed by atoms with Crippen LogP contribution >= 0.6 is 0 Å². The van der Waals surface area contributed by atoms with Gasteiger partial charge in [-0.05, 0) is 49.4 Å². The Morgan fingerprint density at radius 1 is 1.04 bits per heavy atom. The number of carbonyl (C=O) groups excluding carboxylic acids is 1. The van der Waals surface area contributed by atoms with E-state index in [0.717, 1.165) is 30.1 Å². The van der Waals surface area contributed by atoms with Crippen molar-refractivity contribution in [2.75, 3.05) is 19.7 Å². The molecule has 1 fully saturated rings. The molecule has 2 atom stereocenters. The van der Waals surface area contributed by atoms with Crippen LogP contribution in [0.3, 0.4) is 0 Å². The number of nitrogens with one attached hydrogen (secondary N) is 1. The summed E-state index contributed by atoms with van der Waals surface area (Å²) in [5.41, 5.74) is 2.89. The Bertz CT molecular complexity index is 672. The Kier molecular flexibility index (Phi) is 8.14. The van der Waals surface area contributed by atoms with Gasteiger partial charge in [0.2, 0.25) is 0 Å². The monoisotopic (exact) mass is 373 g/mol. The van der Waals surface area contributed by atoms with Crippen LogP contribution in [0.1, 0.15) is 43.0 Å². The molecule has 0 aliphatic carbocycles. The number of ether oxygens (including phenoxy) is 1. The summed E-state index contributed by atoms with van der Waals surface area (Å²) in [6.07, 6.45) is 4.95. The Labute approximate surface area is 162 Å². The number of carbonyl (C=O) groups is 1. The zero-order chi connectivity index (χ0) is 17.5. The van der Waals surface area contributed by atoms with Crippen molar-refractivity contribution in [1.29, 1.82) is 0 Å². The molecule has 3 nitrogen and oxygen atoms in total. The molecule has 26 heavy (non-hydrogen) atoms. The summed E-state index contributed by atoms with van der Waals surface area (Å²) < 4.78 is 5.45. The quantitative estimate of drug-likeness (QED) is 0.585. The molecule has 2 aromatic rings. The van der Waals surface area contributed by atoms with Crippen molar-refractivity contribution in [3.63, 3.8) is 0 Å². The lowest BCUT2D eigenvalue weighted by molar-refractivity contribution is -0.928. The summed E-state index contributed by atoms with van der Waals surface area (Å²) in [6, 6.07) is 18.6. The largest absolute Gasteiger partial charge is 1.00 e. The predicted octanol–water partition coefficient (Wildman–Crippen LogP) is 0.362. The van der Waals surface area contributed by atoms with Gasteiger partial charge in [0.05, 0.1) is 31.3 Å². The molecule has 140 valence electrons. The first-order valence-corrected chi connectivity index (χ1v) is 9.41. The number of halogens is 1. The van der Waals surface area contributed by atoms with Gasteiger partial charge in [0.25, 0.3) is 0 Å². The first kappa shape index (κ1) is 20.5. The van der Waals surface area contributed by atoms with Crippen molar-refractivity contribution in [1.82, 2.24) is 0 Å². The molecule has 0 aromatic heterocycles. The summed E-state index contributed by atoms with van der Waals surface area (Å²) >= 11 is 0. The molecule has 2 aromatic carbocycles. The summed E-state index contributed by atoms with van der Waals surface area (Å²) in [4.78, 5) is 13.8. The van der Waals surface area contributed by atoms with Crippen LogP contribution in [-0.2, 0) is 4.74 Å². The number of piperidine rings is 1. The van der Waals surface area contributed by atoms with Crippen LogP contribution in [0.15, 0.2) is 54.6 Å². The van der Waals surface area contributed by atoms with Gasteiger partial charge in [0.15, 0.2) is 0 Å². The van der Waals surface area contributed by atoms with E-state index in [9.17, 15) is 4.79 Å². The lowest BCUT2D eigenvalue weighted by Crippen LogP contribution is -3.16. The molecular formula is C22H28ClNO2. The van der Waals surface area contributed by atoms with E-state index in [1.807, 2.05) is 42.5 Å². The van der Waals surface area contributed by atoms with Crippen molar-refractivity contribution in [2.24, 2.45) is 0 Å². The number of likely N-dealkylation sites (tertiary alicyclic amines) is 1. The average molecular weight is 374 g/mol. The van der Waals surface area contributed by atoms with Crippen LogP contribution in [0.5, 0.6) is 0 Å². The zero-order valence-electron chi connectivity index (χ0n) is 15.4. The molecule has 2 unspecified atom stereocenters. The van der Waals surface area contributed by atoms with Crippen molar-refractivity contribution >= 4 is 5.97 Å². The Hall–Kier alpha value is -1.84. The van der Waals surface area contributed by atoms with E-state index in [4.69, 9.17) is 4.74 Å². The maximum atomic E-state index is 12.2. The molecule has 1 aliphatic rings. The van der Waals surface area contributed by atoms with Gasteiger partial charge in [-0.25, -0.2) is 4.79 Å². The fourth-order valence-corrected chi connectivity index (χ4v) is 3.60. The number of hydrogen-bond acceptors (Lipinski definition) is 2. The normalized spacial score (nSPS) is 19.4. The van der Waals surface area contributed by atoms with E-state index in [-0.39, 0.29) is 18.4 Å². The van der Waals surface area contributed by atoms with Crippen molar-refractivity contribution in [2.45, 2.75) is 38.6 Å². The second kappa shape index (κ2) is 10.3. The first-order chi connectivity index (χ1) is 12.2. The van der Waals surface area contributed by atoms with Crippen molar-refractivity contribution in [3.05, 3.63) is 60.2 Å². The van der Waals surface area contributed by atoms with E-state index >= 15 is 0 Å². The fraction of sp³-hybridized carbons (Fsp3) is 0.409. The molecule has 0 radical (unpaired) electrons. The molecule has 0 bridgehead atoms. The third-order valence-electron chi connectivity index (χ3n) is 5.19. The lowest BCUT2D eigenvalue weighted by Gasteiger charge is -2.30. The van der Waals surface area contributed by atoms with E-state index < -0.39 is 0 Å². The molecule has 1 heterocycles. The van der Waals surface area contributed by atoms with Gasteiger partial charge in [0.1, 0.15) is 0 Å². The highest BCUT2D eigenvalue weighted by Crippen LogP contribution is 2.19. The van der Waals surface area contributed by atoms with Gasteiger partial charge in [-0.2, -0.15) is 0 Å². The molecule has 1 saturated heterocycles. The summed E-state index contributed by atoms with van der Waals surface area (Å²) in [5, 5.41) is 0. The van der Waals surface area contributed by atoms with E-state index in [1.165, 1.54) is 25.8 Å². The van der Waals surface area contributed by atoms with E-state index in [2.05, 4.69) is 19.1 Å². The number of rotatable bonds is 6. The highest BCUT2D eigenvalue weighted by Gasteiger charge is 2.21. The van der Waals surface area contributed by atoms with Crippen LogP contribution in [0, 0.1) is 0 Å². The summed E-state index contributed by atoms with van der Waals surface area (Å²) in [7, 11) is 0. The minimum absolute atomic E-state index is 0. The van der Waals surface area contributed by atoms with Crippen LogP contribution in [-0.4, -0.2) is 31.7 Å². The van der Waals surface area contributed by atoms with Gasteiger partial charge >= 0.3 is 5.97 Å². The second-order valence-corrected chi connectivity index (χ2v) is 6.99. The molecule has 0 saturated carbocycles. The van der Waals surface area contributed by atoms with E-state index in [1.54, 1.807) is 4.90 Å². The van der Waals surface area contributed by atoms with Gasteiger partial charge in [-0.15, -0.1) is 0 Å². The van der Waals surface area contributed by atoms with E-state index in [0.29, 0.717) is 12.2 Å². The number of benzene rings is 2. The van der Waals surface area contributed by atoms with Crippen LogP contribution in [0.25, 0.3) is 11.1 Å². The third kappa shape index (κ3) is 5.58. The Morgan fingerprint density at radius 2 is 1.73 bits per heavy atom. The third-order valence-corrected chi connectivity index (χ3v) is 5.19. The lowest BCUT2D eigenvalue weighted by atomic mass is 10.0. The molecule has 0 amide bonds. The van der Waals surface area contributed by atoms with Crippen LogP contribution in [0.2, 0.25) is 0 Å². The first-order valence-electron chi connectivity index (χ1n) is 9.41. The molecule has 1 N–H and O–H groups in total. The van der Waals surface area contributed by atoms with Crippen LogP contribution in [0.4, 0.5) is 0 Å². The second-order valence-electron chi connectivity index (χ2n) is 6.99. The highest BCUT2D eigenvalue weighted by atomic mass is 35.5. The average Bonchev–Trinajstić information content (AvgIpc) is 2.67. The molecule has 4 heteroatoms. The minimum Gasteiger partial charge on any atom is -1.00 e. The minimum atomic E-state index is -0.221. The number of quaternary nitrogens is 1. The maximum Gasteiger partial charge on any atom is 0.338 e. The van der Waals surface area contributed by atoms with Gasteiger partial charge < -0.3 is 22.0 Å².